The summed E-state index contributed by atoms with van der Waals surface area (Å²) in [4.78, 5) is 0. The minimum atomic E-state index is -3.51. The molecule has 20 heavy (non-hydrogen) atoms. The van der Waals surface area contributed by atoms with Crippen molar-refractivity contribution in [1.82, 2.24) is 0 Å². The SMILES string of the molecule is CS(=O)(=O)OC[C@@H]1COC(CCl)(c2ccc(Cl)cc2)O1. The number of halogens is 2. The Kier molecular flexibility index (Phi) is 4.94. The van der Waals surface area contributed by atoms with Crippen LogP contribution in [0, 0.1) is 0 Å². The van der Waals surface area contributed by atoms with Crippen LogP contribution in [0.3, 0.4) is 0 Å². The maximum atomic E-state index is 11.0. The van der Waals surface area contributed by atoms with Crippen LogP contribution in [-0.2, 0) is 29.6 Å². The van der Waals surface area contributed by atoms with Crippen molar-refractivity contribution in [2.24, 2.45) is 0 Å². The molecule has 8 heteroatoms. The highest BCUT2D eigenvalue weighted by Gasteiger charge is 2.43. The first-order valence-electron chi connectivity index (χ1n) is 5.83. The summed E-state index contributed by atoms with van der Waals surface area (Å²) in [6.07, 6.45) is 0.482. The van der Waals surface area contributed by atoms with E-state index in [0.29, 0.717) is 5.02 Å². The van der Waals surface area contributed by atoms with Gasteiger partial charge >= 0.3 is 0 Å². The highest BCUT2D eigenvalue weighted by Crippen LogP contribution is 2.36. The molecule has 1 aromatic carbocycles. The van der Waals surface area contributed by atoms with Gasteiger partial charge in [-0.3, -0.25) is 4.18 Å². The van der Waals surface area contributed by atoms with E-state index in [2.05, 4.69) is 0 Å². The second-order valence-corrected chi connectivity index (χ2v) is 6.78. The van der Waals surface area contributed by atoms with Crippen LogP contribution in [0.1, 0.15) is 5.56 Å². The fourth-order valence-corrected chi connectivity index (χ4v) is 2.67. The predicted molar refractivity (Wildman–Crippen MR) is 75.5 cm³/mol. The molecule has 0 N–H and O–H groups in total. The van der Waals surface area contributed by atoms with Crippen molar-refractivity contribution < 1.29 is 22.1 Å². The number of rotatable bonds is 5. The Balaban J connectivity index is 2.09. The van der Waals surface area contributed by atoms with Gasteiger partial charge in [-0.2, -0.15) is 8.42 Å². The molecule has 0 aliphatic carbocycles. The molecule has 0 spiro atoms. The van der Waals surface area contributed by atoms with Gasteiger partial charge in [-0.05, 0) is 12.1 Å². The van der Waals surface area contributed by atoms with Crippen LogP contribution in [0.5, 0.6) is 0 Å². The van der Waals surface area contributed by atoms with Crippen LogP contribution in [0.4, 0.5) is 0 Å². The lowest BCUT2D eigenvalue weighted by atomic mass is 10.1. The normalized spacial score (nSPS) is 26.9. The van der Waals surface area contributed by atoms with Crippen molar-refractivity contribution in [2.75, 3.05) is 25.3 Å². The van der Waals surface area contributed by atoms with E-state index in [1.165, 1.54) is 0 Å². The van der Waals surface area contributed by atoms with Crippen LogP contribution in [-0.4, -0.2) is 39.9 Å². The highest BCUT2D eigenvalue weighted by molar-refractivity contribution is 7.85. The summed E-state index contributed by atoms with van der Waals surface area (Å²) < 4.78 is 38.0. The van der Waals surface area contributed by atoms with Gasteiger partial charge in [0, 0.05) is 10.6 Å². The second-order valence-electron chi connectivity index (χ2n) is 4.43. The molecule has 0 radical (unpaired) electrons. The van der Waals surface area contributed by atoms with Gasteiger partial charge in [0.2, 0.25) is 5.79 Å². The Hall–Kier alpha value is -0.370. The molecule has 1 aromatic rings. The third-order valence-electron chi connectivity index (χ3n) is 2.79. The van der Waals surface area contributed by atoms with Gasteiger partial charge in [0.1, 0.15) is 6.10 Å². The lowest BCUT2D eigenvalue weighted by molar-refractivity contribution is -0.161. The van der Waals surface area contributed by atoms with Gasteiger partial charge in [-0.1, -0.05) is 23.7 Å². The number of alkyl halides is 1. The van der Waals surface area contributed by atoms with Crippen LogP contribution in [0.25, 0.3) is 0 Å². The number of hydrogen-bond donors (Lipinski definition) is 0. The van der Waals surface area contributed by atoms with Gasteiger partial charge in [0.15, 0.2) is 0 Å². The summed E-state index contributed by atoms with van der Waals surface area (Å²) in [6.45, 7) is 0.0932. The molecule has 1 aliphatic heterocycles. The monoisotopic (exact) mass is 340 g/mol. The lowest BCUT2D eigenvalue weighted by Gasteiger charge is -2.26. The molecule has 1 saturated heterocycles. The average molecular weight is 341 g/mol. The maximum Gasteiger partial charge on any atom is 0.264 e. The summed E-state index contributed by atoms with van der Waals surface area (Å²) >= 11 is 11.8. The van der Waals surface area contributed by atoms with E-state index in [1.54, 1.807) is 24.3 Å². The zero-order valence-corrected chi connectivity index (χ0v) is 13.0. The van der Waals surface area contributed by atoms with Crippen molar-refractivity contribution in [3.8, 4) is 0 Å². The standard InChI is InChI=1S/C12H14Cl2O5S/c1-20(15,16)18-7-11-6-17-12(8-13,19-11)9-2-4-10(14)5-3-9/h2-5,11H,6-8H2,1H3/t11-,12?/m0/s1. The molecule has 1 aliphatic rings. The minimum Gasteiger partial charge on any atom is -0.342 e. The predicted octanol–water partition coefficient (Wildman–Crippen LogP) is 2.12. The van der Waals surface area contributed by atoms with Crippen LogP contribution >= 0.6 is 23.2 Å². The molecule has 112 valence electrons. The molecule has 2 rings (SSSR count). The van der Waals surface area contributed by atoms with Gasteiger partial charge in [-0.15, -0.1) is 11.6 Å². The van der Waals surface area contributed by atoms with Crippen molar-refractivity contribution in [3.05, 3.63) is 34.9 Å². The molecule has 0 bridgehead atoms. The fraction of sp³-hybridized carbons (Fsp3) is 0.500. The number of benzene rings is 1. The number of ether oxygens (including phenoxy) is 2. The maximum absolute atomic E-state index is 11.0. The third-order valence-corrected chi connectivity index (χ3v) is 3.96. The van der Waals surface area contributed by atoms with Crippen LogP contribution in [0.2, 0.25) is 5.02 Å². The molecular weight excluding hydrogens is 327 g/mol. The zero-order chi connectivity index (χ0) is 14.8. The van der Waals surface area contributed by atoms with E-state index < -0.39 is 22.0 Å². The van der Waals surface area contributed by atoms with Crippen molar-refractivity contribution in [2.45, 2.75) is 11.9 Å². The Morgan fingerprint density at radius 3 is 2.60 bits per heavy atom. The summed E-state index contributed by atoms with van der Waals surface area (Å²) in [6, 6.07) is 6.92. The Labute approximate surface area is 127 Å². The molecule has 0 saturated carbocycles. The van der Waals surface area contributed by atoms with Gasteiger partial charge in [0.05, 0.1) is 25.3 Å². The minimum absolute atomic E-state index is 0.0734. The summed E-state index contributed by atoms with van der Waals surface area (Å²) in [7, 11) is -3.51. The Bertz CT molecular complexity index is 560. The van der Waals surface area contributed by atoms with Crippen LogP contribution < -0.4 is 0 Å². The average Bonchev–Trinajstić information content (AvgIpc) is 2.81. The topological polar surface area (TPSA) is 61.8 Å². The highest BCUT2D eigenvalue weighted by atomic mass is 35.5. The molecule has 1 unspecified atom stereocenters. The fourth-order valence-electron chi connectivity index (χ4n) is 1.85. The van der Waals surface area contributed by atoms with Crippen LogP contribution in [0.15, 0.2) is 24.3 Å². The van der Waals surface area contributed by atoms with Gasteiger partial charge in [-0.25, -0.2) is 0 Å². The quantitative estimate of drug-likeness (QED) is 0.606. The third kappa shape index (κ3) is 3.84. The first kappa shape index (κ1) is 16.0. The summed E-state index contributed by atoms with van der Waals surface area (Å²) in [5, 5.41) is 0.591. The largest absolute Gasteiger partial charge is 0.342 e. The summed E-state index contributed by atoms with van der Waals surface area (Å²) in [5.41, 5.74) is 0.721. The van der Waals surface area contributed by atoms with Gasteiger partial charge < -0.3 is 9.47 Å². The first-order chi connectivity index (χ1) is 9.35. The molecule has 5 nitrogen and oxygen atoms in total. The number of hydrogen-bond acceptors (Lipinski definition) is 5. The Morgan fingerprint density at radius 2 is 2.05 bits per heavy atom. The first-order valence-corrected chi connectivity index (χ1v) is 8.56. The second kappa shape index (κ2) is 6.17. The zero-order valence-electron chi connectivity index (χ0n) is 10.7. The van der Waals surface area contributed by atoms with E-state index in [4.69, 9.17) is 36.9 Å². The molecule has 1 fully saturated rings. The molecule has 2 atom stereocenters. The molecule has 0 amide bonds. The van der Waals surface area contributed by atoms with E-state index >= 15 is 0 Å². The van der Waals surface area contributed by atoms with E-state index in [-0.39, 0.29) is 19.1 Å². The van der Waals surface area contributed by atoms with Crippen molar-refractivity contribution >= 4 is 33.3 Å². The van der Waals surface area contributed by atoms with E-state index in [9.17, 15) is 8.42 Å². The van der Waals surface area contributed by atoms with Crippen molar-refractivity contribution in [1.29, 1.82) is 0 Å². The molecule has 1 heterocycles. The van der Waals surface area contributed by atoms with Crippen molar-refractivity contribution in [3.63, 3.8) is 0 Å². The van der Waals surface area contributed by atoms with E-state index in [1.807, 2.05) is 0 Å². The molecular formula is C12H14Cl2O5S. The molecule has 0 aromatic heterocycles. The summed E-state index contributed by atoms with van der Waals surface area (Å²) in [5.74, 6) is -1.03. The lowest BCUT2D eigenvalue weighted by Crippen LogP contribution is -2.31. The van der Waals surface area contributed by atoms with E-state index in [0.717, 1.165) is 11.8 Å². The Morgan fingerprint density at radius 1 is 1.40 bits per heavy atom. The van der Waals surface area contributed by atoms with Gasteiger partial charge in [0.25, 0.3) is 10.1 Å². The smallest absolute Gasteiger partial charge is 0.264 e.